The molecule has 3 aromatic rings. The van der Waals surface area contributed by atoms with Gasteiger partial charge in [0.25, 0.3) is 0 Å². The van der Waals surface area contributed by atoms with E-state index in [1.54, 1.807) is 35.0 Å². The smallest absolute Gasteiger partial charge is 0.128 e. The third kappa shape index (κ3) is 2.61. The molecule has 0 saturated carbocycles. The van der Waals surface area contributed by atoms with Crippen LogP contribution in [0.5, 0.6) is 0 Å². The van der Waals surface area contributed by atoms with E-state index in [4.69, 9.17) is 22.7 Å². The van der Waals surface area contributed by atoms with Crippen molar-refractivity contribution in [1.82, 2.24) is 9.78 Å². The van der Waals surface area contributed by atoms with Gasteiger partial charge >= 0.3 is 0 Å². The first-order valence-corrected chi connectivity index (χ1v) is 7.15. The molecule has 4 nitrogen and oxygen atoms in total. The summed E-state index contributed by atoms with van der Waals surface area (Å²) in [5, 5.41) is 13.7. The highest BCUT2D eigenvalue weighted by atomic mass is 35.5. The Kier molecular flexibility index (Phi) is 3.92. The molecule has 6 heteroatoms. The molecule has 0 radical (unpaired) electrons. The lowest BCUT2D eigenvalue weighted by molar-refractivity contribution is 0.590. The summed E-state index contributed by atoms with van der Waals surface area (Å²) in [4.78, 5) is 0. The second-order valence-electron chi connectivity index (χ2n) is 4.94. The van der Waals surface area contributed by atoms with E-state index in [-0.39, 0.29) is 24.6 Å². The molecule has 1 heterocycles. The summed E-state index contributed by atoms with van der Waals surface area (Å²) in [7, 11) is 0. The molecular formula is C16H14ClFN4. The van der Waals surface area contributed by atoms with Crippen LogP contribution in [0.3, 0.4) is 0 Å². The minimum absolute atomic E-state index is 0.0917. The Balaban J connectivity index is 2.15. The number of nitrogens with one attached hydrogen (secondary N) is 1. The van der Waals surface area contributed by atoms with Gasteiger partial charge in [-0.25, -0.2) is 4.39 Å². The van der Waals surface area contributed by atoms with Crippen LogP contribution in [0.2, 0.25) is 5.02 Å². The standard InChI is InChI=1S/C16H14ClFN4/c17-11-5-6-12-15(7-11)22(21-16(12)14(20)8-19)9-10-3-1-2-4-13(10)18/h1-7,20H,8-9,19H2. The van der Waals surface area contributed by atoms with Gasteiger partial charge in [0.15, 0.2) is 0 Å². The molecule has 0 aliphatic carbocycles. The summed E-state index contributed by atoms with van der Waals surface area (Å²) in [6.07, 6.45) is 0. The quantitative estimate of drug-likeness (QED) is 0.726. The molecule has 0 spiro atoms. The Morgan fingerprint density at radius 3 is 2.77 bits per heavy atom. The van der Waals surface area contributed by atoms with Gasteiger partial charge in [-0.3, -0.25) is 4.68 Å². The van der Waals surface area contributed by atoms with Gasteiger partial charge in [0.1, 0.15) is 11.5 Å². The molecule has 0 saturated heterocycles. The van der Waals surface area contributed by atoms with Crippen LogP contribution < -0.4 is 5.73 Å². The first-order chi connectivity index (χ1) is 10.6. The van der Waals surface area contributed by atoms with Crippen molar-refractivity contribution in [2.24, 2.45) is 5.73 Å². The molecule has 112 valence electrons. The molecule has 3 N–H and O–H groups in total. The second-order valence-corrected chi connectivity index (χ2v) is 5.38. The molecule has 2 aromatic carbocycles. The number of nitrogens with zero attached hydrogens (tertiary/aromatic N) is 2. The number of hydrogen-bond acceptors (Lipinski definition) is 3. The maximum atomic E-state index is 13.9. The van der Waals surface area contributed by atoms with Crippen LogP contribution in [0.4, 0.5) is 4.39 Å². The Morgan fingerprint density at radius 1 is 1.27 bits per heavy atom. The normalized spacial score (nSPS) is 11.0. The van der Waals surface area contributed by atoms with Gasteiger partial charge < -0.3 is 11.1 Å². The van der Waals surface area contributed by atoms with Crippen molar-refractivity contribution in [3.8, 4) is 0 Å². The van der Waals surface area contributed by atoms with Gasteiger partial charge in [0, 0.05) is 22.5 Å². The Hall–Kier alpha value is -2.24. The predicted molar refractivity (Wildman–Crippen MR) is 86.1 cm³/mol. The monoisotopic (exact) mass is 316 g/mol. The lowest BCUT2D eigenvalue weighted by atomic mass is 10.1. The van der Waals surface area contributed by atoms with E-state index in [0.29, 0.717) is 16.3 Å². The van der Waals surface area contributed by atoms with Crippen LogP contribution in [-0.2, 0) is 6.54 Å². The van der Waals surface area contributed by atoms with Crippen LogP contribution in [-0.4, -0.2) is 22.0 Å². The van der Waals surface area contributed by atoms with Gasteiger partial charge in [0.05, 0.1) is 17.8 Å². The summed E-state index contributed by atoms with van der Waals surface area (Å²) in [6.45, 7) is 0.357. The minimum atomic E-state index is -0.288. The average molecular weight is 317 g/mol. The summed E-state index contributed by atoms with van der Waals surface area (Å²) in [5.74, 6) is -0.288. The third-order valence-corrected chi connectivity index (χ3v) is 3.72. The fraction of sp³-hybridized carbons (Fsp3) is 0.125. The van der Waals surface area contributed by atoms with Crippen molar-refractivity contribution in [2.45, 2.75) is 6.54 Å². The second kappa shape index (κ2) is 5.87. The van der Waals surface area contributed by atoms with Crippen molar-refractivity contribution >= 4 is 28.2 Å². The van der Waals surface area contributed by atoms with E-state index in [1.165, 1.54) is 6.07 Å². The molecule has 22 heavy (non-hydrogen) atoms. The molecule has 3 rings (SSSR count). The van der Waals surface area contributed by atoms with E-state index in [0.717, 1.165) is 10.9 Å². The van der Waals surface area contributed by atoms with Crippen molar-refractivity contribution in [2.75, 3.05) is 6.54 Å². The number of aromatic nitrogens is 2. The topological polar surface area (TPSA) is 67.7 Å². The zero-order valence-electron chi connectivity index (χ0n) is 11.7. The number of nitrogens with two attached hydrogens (primary N) is 1. The Bertz CT molecular complexity index is 856. The fourth-order valence-corrected chi connectivity index (χ4v) is 2.54. The maximum Gasteiger partial charge on any atom is 0.128 e. The van der Waals surface area contributed by atoms with Gasteiger partial charge in [-0.15, -0.1) is 0 Å². The van der Waals surface area contributed by atoms with Gasteiger partial charge in [-0.05, 0) is 24.3 Å². The summed E-state index contributed by atoms with van der Waals surface area (Å²) < 4.78 is 15.5. The van der Waals surface area contributed by atoms with E-state index >= 15 is 0 Å². The maximum absolute atomic E-state index is 13.9. The zero-order valence-corrected chi connectivity index (χ0v) is 12.4. The van der Waals surface area contributed by atoms with Crippen LogP contribution >= 0.6 is 11.6 Å². The number of fused-ring (bicyclic) bond motifs is 1. The summed E-state index contributed by atoms with van der Waals surface area (Å²) in [6, 6.07) is 11.9. The highest BCUT2D eigenvalue weighted by Crippen LogP contribution is 2.24. The average Bonchev–Trinajstić information content (AvgIpc) is 2.87. The first kappa shape index (κ1) is 14.7. The predicted octanol–water partition coefficient (Wildman–Crippen LogP) is 3.20. The Labute approximate surface area is 131 Å². The van der Waals surface area contributed by atoms with E-state index < -0.39 is 0 Å². The summed E-state index contributed by atoms with van der Waals surface area (Å²) >= 11 is 6.05. The van der Waals surface area contributed by atoms with Crippen molar-refractivity contribution in [1.29, 1.82) is 5.41 Å². The van der Waals surface area contributed by atoms with Crippen LogP contribution in [0, 0.1) is 11.2 Å². The van der Waals surface area contributed by atoms with Crippen LogP contribution in [0.15, 0.2) is 42.5 Å². The van der Waals surface area contributed by atoms with Gasteiger partial charge in [-0.1, -0.05) is 29.8 Å². The lowest BCUT2D eigenvalue weighted by Crippen LogP contribution is -2.15. The number of halogens is 2. The molecule has 0 amide bonds. The highest BCUT2D eigenvalue weighted by molar-refractivity contribution is 6.31. The number of rotatable bonds is 4. The van der Waals surface area contributed by atoms with Crippen LogP contribution in [0.1, 0.15) is 11.3 Å². The number of benzene rings is 2. The molecule has 1 aromatic heterocycles. The molecule has 0 fully saturated rings. The van der Waals surface area contributed by atoms with Gasteiger partial charge in [0.2, 0.25) is 0 Å². The third-order valence-electron chi connectivity index (χ3n) is 3.48. The summed E-state index contributed by atoms with van der Waals surface area (Å²) in [5.41, 5.74) is 7.57. The largest absolute Gasteiger partial charge is 0.325 e. The number of hydrogen-bond donors (Lipinski definition) is 2. The minimum Gasteiger partial charge on any atom is -0.325 e. The van der Waals surface area contributed by atoms with E-state index in [1.807, 2.05) is 6.07 Å². The fourth-order valence-electron chi connectivity index (χ4n) is 2.38. The van der Waals surface area contributed by atoms with E-state index in [2.05, 4.69) is 5.10 Å². The molecule has 0 unspecified atom stereocenters. The van der Waals surface area contributed by atoms with Crippen molar-refractivity contribution < 1.29 is 4.39 Å². The lowest BCUT2D eigenvalue weighted by Gasteiger charge is -2.05. The molecule has 0 aliphatic rings. The van der Waals surface area contributed by atoms with E-state index in [9.17, 15) is 4.39 Å². The highest BCUT2D eigenvalue weighted by Gasteiger charge is 2.15. The zero-order chi connectivity index (χ0) is 15.7. The van der Waals surface area contributed by atoms with Crippen LogP contribution in [0.25, 0.3) is 10.9 Å². The van der Waals surface area contributed by atoms with Gasteiger partial charge in [-0.2, -0.15) is 5.10 Å². The SMILES string of the molecule is N=C(CN)c1nn(Cc2ccccc2F)c2cc(Cl)ccc12. The first-order valence-electron chi connectivity index (χ1n) is 6.77. The Morgan fingerprint density at radius 2 is 2.05 bits per heavy atom. The molecule has 0 atom stereocenters. The van der Waals surface area contributed by atoms with Crippen molar-refractivity contribution in [3.05, 3.63) is 64.6 Å². The molecule has 0 aliphatic heterocycles. The molecular weight excluding hydrogens is 303 g/mol. The van der Waals surface area contributed by atoms with Crippen molar-refractivity contribution in [3.63, 3.8) is 0 Å². The molecule has 0 bridgehead atoms.